The van der Waals surface area contributed by atoms with Crippen LogP contribution in [0.3, 0.4) is 0 Å². The van der Waals surface area contributed by atoms with Crippen LogP contribution in [0.25, 0.3) is 0 Å². The SMILES string of the molecule is CC(C(=O)NC1CC1)n1nc(N)nc1Br. The number of carbonyl (C=O) groups excluding carboxylic acids is 1. The first-order chi connectivity index (χ1) is 7.08. The maximum Gasteiger partial charge on any atom is 0.244 e. The third-order valence-corrected chi connectivity index (χ3v) is 2.82. The monoisotopic (exact) mass is 273 g/mol. The van der Waals surface area contributed by atoms with Crippen molar-refractivity contribution in [3.8, 4) is 0 Å². The first-order valence-corrected chi connectivity index (χ1v) is 5.55. The van der Waals surface area contributed by atoms with Crippen LogP contribution in [0.15, 0.2) is 4.73 Å². The van der Waals surface area contributed by atoms with Gasteiger partial charge in [-0.2, -0.15) is 4.98 Å². The lowest BCUT2D eigenvalue weighted by Gasteiger charge is -2.12. The highest BCUT2D eigenvalue weighted by molar-refractivity contribution is 9.10. The number of nitrogen functional groups attached to an aromatic ring is 1. The minimum Gasteiger partial charge on any atom is -0.366 e. The van der Waals surface area contributed by atoms with Gasteiger partial charge in [0.1, 0.15) is 6.04 Å². The Labute approximate surface area is 95.4 Å². The molecule has 0 aromatic carbocycles. The highest BCUT2D eigenvalue weighted by Gasteiger charge is 2.27. The predicted octanol–water partition coefficient (Wildman–Crippen LogP) is 0.462. The molecule has 0 bridgehead atoms. The molecule has 1 aliphatic rings. The van der Waals surface area contributed by atoms with Gasteiger partial charge in [-0.15, -0.1) is 5.10 Å². The first-order valence-electron chi connectivity index (χ1n) is 4.76. The van der Waals surface area contributed by atoms with Crippen LogP contribution in [-0.4, -0.2) is 26.7 Å². The molecule has 0 aliphatic heterocycles. The van der Waals surface area contributed by atoms with Crippen LogP contribution in [0.4, 0.5) is 5.95 Å². The van der Waals surface area contributed by atoms with Crippen molar-refractivity contribution < 1.29 is 4.79 Å². The molecule has 1 fully saturated rings. The zero-order chi connectivity index (χ0) is 11.0. The molecule has 1 heterocycles. The van der Waals surface area contributed by atoms with E-state index >= 15 is 0 Å². The van der Waals surface area contributed by atoms with E-state index in [0.717, 1.165) is 12.8 Å². The molecule has 0 saturated heterocycles. The Bertz CT molecular complexity index is 386. The molecule has 82 valence electrons. The Kier molecular flexibility index (Phi) is 2.64. The molecule has 0 radical (unpaired) electrons. The summed E-state index contributed by atoms with van der Waals surface area (Å²) in [5.74, 6) is 0.107. The molecule has 2 rings (SSSR count). The minimum absolute atomic E-state index is 0.0527. The summed E-state index contributed by atoms with van der Waals surface area (Å²) in [6.07, 6.45) is 2.14. The number of nitrogens with zero attached hydrogens (tertiary/aromatic N) is 3. The summed E-state index contributed by atoms with van der Waals surface area (Å²) in [6, 6.07) is -0.0515. The number of halogens is 1. The number of hydrogen-bond donors (Lipinski definition) is 2. The lowest BCUT2D eigenvalue weighted by atomic mass is 10.3. The molecule has 3 N–H and O–H groups in total. The molecule has 1 aromatic rings. The van der Waals surface area contributed by atoms with E-state index in [0.29, 0.717) is 10.8 Å². The van der Waals surface area contributed by atoms with E-state index in [-0.39, 0.29) is 11.9 Å². The van der Waals surface area contributed by atoms with E-state index in [2.05, 4.69) is 31.3 Å². The Hall–Kier alpha value is -1.11. The summed E-state index contributed by atoms with van der Waals surface area (Å²) in [6.45, 7) is 1.76. The van der Waals surface area contributed by atoms with Gasteiger partial charge in [0.25, 0.3) is 0 Å². The van der Waals surface area contributed by atoms with Crippen molar-refractivity contribution in [1.82, 2.24) is 20.1 Å². The number of nitrogens with two attached hydrogens (primary N) is 1. The second kappa shape index (κ2) is 3.80. The smallest absolute Gasteiger partial charge is 0.244 e. The van der Waals surface area contributed by atoms with E-state index in [1.807, 2.05) is 0 Å². The summed E-state index contributed by atoms with van der Waals surface area (Å²) in [7, 11) is 0. The molecule has 1 aromatic heterocycles. The Balaban J connectivity index is 2.08. The molecule has 0 spiro atoms. The van der Waals surface area contributed by atoms with Crippen LogP contribution in [-0.2, 0) is 4.79 Å². The second-order valence-corrected chi connectivity index (χ2v) is 4.35. The average Bonchev–Trinajstić information content (AvgIpc) is 2.90. The molecule has 1 aliphatic carbocycles. The Morgan fingerprint density at radius 3 is 2.87 bits per heavy atom. The maximum atomic E-state index is 11.7. The van der Waals surface area contributed by atoms with Gasteiger partial charge in [-0.05, 0) is 35.7 Å². The molecule has 7 heteroatoms. The Morgan fingerprint density at radius 1 is 1.73 bits per heavy atom. The van der Waals surface area contributed by atoms with Gasteiger partial charge in [0.05, 0.1) is 0 Å². The molecule has 15 heavy (non-hydrogen) atoms. The molecular weight excluding hydrogens is 262 g/mol. The number of anilines is 1. The van der Waals surface area contributed by atoms with Gasteiger partial charge in [-0.1, -0.05) is 0 Å². The maximum absolute atomic E-state index is 11.7. The standard InChI is InChI=1S/C8H12BrN5O/c1-4(6(15)11-5-2-3-5)14-7(9)12-8(10)13-14/h4-5H,2-3H2,1H3,(H2,10,13)(H,11,15). The average molecular weight is 274 g/mol. The van der Waals surface area contributed by atoms with Crippen molar-refractivity contribution in [2.75, 3.05) is 5.73 Å². The molecule has 1 saturated carbocycles. The molecule has 1 unspecified atom stereocenters. The number of hydrogen-bond acceptors (Lipinski definition) is 4. The lowest BCUT2D eigenvalue weighted by Crippen LogP contribution is -2.33. The number of aromatic nitrogens is 3. The summed E-state index contributed by atoms with van der Waals surface area (Å²) >= 11 is 3.20. The number of amides is 1. The molecule has 6 nitrogen and oxygen atoms in total. The number of carbonyl (C=O) groups is 1. The fourth-order valence-corrected chi connectivity index (χ4v) is 1.79. The lowest BCUT2D eigenvalue weighted by molar-refractivity contribution is -0.124. The summed E-state index contributed by atoms with van der Waals surface area (Å²) in [5.41, 5.74) is 5.43. The van der Waals surface area contributed by atoms with Crippen LogP contribution in [0.1, 0.15) is 25.8 Å². The van der Waals surface area contributed by atoms with Crippen LogP contribution in [0, 0.1) is 0 Å². The van der Waals surface area contributed by atoms with Gasteiger partial charge in [-0.25, -0.2) is 4.68 Å². The van der Waals surface area contributed by atoms with Crippen LogP contribution >= 0.6 is 15.9 Å². The second-order valence-electron chi connectivity index (χ2n) is 3.64. The van der Waals surface area contributed by atoms with Gasteiger partial charge in [0.2, 0.25) is 11.9 Å². The highest BCUT2D eigenvalue weighted by atomic mass is 79.9. The van der Waals surface area contributed by atoms with Crippen molar-refractivity contribution in [2.24, 2.45) is 0 Å². The van der Waals surface area contributed by atoms with E-state index < -0.39 is 6.04 Å². The van der Waals surface area contributed by atoms with E-state index in [9.17, 15) is 4.79 Å². The highest BCUT2D eigenvalue weighted by Crippen LogP contribution is 2.21. The van der Waals surface area contributed by atoms with Gasteiger partial charge >= 0.3 is 0 Å². The Morgan fingerprint density at radius 2 is 2.40 bits per heavy atom. The summed E-state index contributed by atoms with van der Waals surface area (Å²) in [4.78, 5) is 15.6. The van der Waals surface area contributed by atoms with Crippen molar-refractivity contribution in [3.05, 3.63) is 4.73 Å². The van der Waals surface area contributed by atoms with Gasteiger partial charge < -0.3 is 11.1 Å². The number of rotatable bonds is 3. The summed E-state index contributed by atoms with van der Waals surface area (Å²) in [5, 5.41) is 6.83. The quantitative estimate of drug-likeness (QED) is 0.838. The van der Waals surface area contributed by atoms with Gasteiger partial charge in [0, 0.05) is 6.04 Å². The van der Waals surface area contributed by atoms with E-state index in [1.165, 1.54) is 4.68 Å². The van der Waals surface area contributed by atoms with Crippen LogP contribution in [0.5, 0.6) is 0 Å². The van der Waals surface area contributed by atoms with Crippen molar-refractivity contribution in [3.63, 3.8) is 0 Å². The topological polar surface area (TPSA) is 85.8 Å². The number of nitrogens with one attached hydrogen (secondary N) is 1. The van der Waals surface area contributed by atoms with E-state index in [4.69, 9.17) is 5.73 Å². The zero-order valence-corrected chi connectivity index (χ0v) is 9.86. The predicted molar refractivity (Wildman–Crippen MR) is 58.0 cm³/mol. The van der Waals surface area contributed by atoms with Gasteiger partial charge in [0.15, 0.2) is 4.73 Å². The molecule has 1 atom stereocenters. The van der Waals surface area contributed by atoms with Crippen LogP contribution < -0.4 is 11.1 Å². The first kappa shape index (κ1) is 10.4. The summed E-state index contributed by atoms with van der Waals surface area (Å²) < 4.78 is 1.94. The largest absolute Gasteiger partial charge is 0.366 e. The van der Waals surface area contributed by atoms with Gasteiger partial charge in [-0.3, -0.25) is 4.79 Å². The zero-order valence-electron chi connectivity index (χ0n) is 8.27. The van der Waals surface area contributed by atoms with Crippen molar-refractivity contribution >= 4 is 27.8 Å². The normalized spacial score (nSPS) is 17.5. The van der Waals surface area contributed by atoms with Crippen molar-refractivity contribution in [2.45, 2.75) is 31.8 Å². The molecule has 1 amide bonds. The van der Waals surface area contributed by atoms with Crippen molar-refractivity contribution in [1.29, 1.82) is 0 Å². The third kappa shape index (κ3) is 2.28. The fourth-order valence-electron chi connectivity index (χ4n) is 1.23. The third-order valence-electron chi connectivity index (χ3n) is 2.28. The van der Waals surface area contributed by atoms with E-state index in [1.54, 1.807) is 6.92 Å². The van der Waals surface area contributed by atoms with Crippen LogP contribution in [0.2, 0.25) is 0 Å². The molecular formula is C8H12BrN5O. The fraction of sp³-hybridized carbons (Fsp3) is 0.625. The minimum atomic E-state index is -0.398.